The van der Waals surface area contributed by atoms with E-state index in [9.17, 15) is 9.59 Å². The second kappa shape index (κ2) is 9.86. The van der Waals surface area contributed by atoms with E-state index in [2.05, 4.69) is 5.32 Å². The third-order valence-corrected chi connectivity index (χ3v) is 5.63. The molecule has 0 aliphatic heterocycles. The Labute approximate surface area is 183 Å². The summed E-state index contributed by atoms with van der Waals surface area (Å²) in [5.41, 5.74) is 1.24. The van der Waals surface area contributed by atoms with Gasteiger partial charge in [-0.05, 0) is 69.5 Å². The molecule has 0 aromatic heterocycles. The van der Waals surface area contributed by atoms with Crippen LogP contribution in [0.3, 0.4) is 0 Å². The fourth-order valence-electron chi connectivity index (χ4n) is 4.12. The van der Waals surface area contributed by atoms with E-state index in [0.717, 1.165) is 37.0 Å². The topological polar surface area (TPSA) is 73.9 Å². The van der Waals surface area contributed by atoms with Gasteiger partial charge in [0, 0.05) is 5.69 Å². The molecule has 0 spiro atoms. The first kappa shape index (κ1) is 22.7. The summed E-state index contributed by atoms with van der Waals surface area (Å²) in [6, 6.07) is 12.8. The van der Waals surface area contributed by atoms with Crippen molar-refractivity contribution in [2.75, 3.05) is 19.0 Å². The Morgan fingerprint density at radius 2 is 1.74 bits per heavy atom. The molecule has 6 nitrogen and oxygen atoms in total. The lowest BCUT2D eigenvalue weighted by molar-refractivity contribution is -0.121. The minimum absolute atomic E-state index is 0.0671. The molecule has 2 aromatic rings. The molecule has 3 rings (SSSR count). The molecule has 31 heavy (non-hydrogen) atoms. The Hall–Kier alpha value is -3.02. The number of hydrogen-bond donors (Lipinski definition) is 1. The minimum atomic E-state index is -0.594. The van der Waals surface area contributed by atoms with Crippen LogP contribution in [-0.4, -0.2) is 31.7 Å². The molecule has 2 aromatic carbocycles. The van der Waals surface area contributed by atoms with Crippen LogP contribution < -0.4 is 14.8 Å². The lowest BCUT2D eigenvalue weighted by atomic mass is 9.78. The molecule has 0 bridgehead atoms. The van der Waals surface area contributed by atoms with E-state index in [0.29, 0.717) is 17.0 Å². The lowest BCUT2D eigenvalue weighted by Gasteiger charge is -2.28. The molecule has 0 unspecified atom stereocenters. The van der Waals surface area contributed by atoms with Crippen LogP contribution in [0.4, 0.5) is 5.69 Å². The highest BCUT2D eigenvalue weighted by Crippen LogP contribution is 2.42. The Kier molecular flexibility index (Phi) is 7.21. The number of ether oxygens (including phenoxy) is 3. The molecule has 1 saturated carbocycles. The summed E-state index contributed by atoms with van der Waals surface area (Å²) in [7, 11) is 1.63. The van der Waals surface area contributed by atoms with E-state index >= 15 is 0 Å². The van der Waals surface area contributed by atoms with E-state index in [1.54, 1.807) is 32.2 Å². The number of rotatable bonds is 8. The van der Waals surface area contributed by atoms with Crippen molar-refractivity contribution in [1.29, 1.82) is 0 Å². The van der Waals surface area contributed by atoms with Crippen molar-refractivity contribution in [3.63, 3.8) is 0 Å². The van der Waals surface area contributed by atoms with Crippen molar-refractivity contribution < 1.29 is 23.8 Å². The average Bonchev–Trinajstić information content (AvgIpc) is 3.26. The molecule has 6 heteroatoms. The highest BCUT2D eigenvalue weighted by atomic mass is 16.5. The summed E-state index contributed by atoms with van der Waals surface area (Å²) in [4.78, 5) is 25.9. The number of carbonyl (C=O) groups is 2. The largest absolute Gasteiger partial charge is 0.497 e. The molecule has 1 fully saturated rings. The van der Waals surface area contributed by atoms with E-state index in [-0.39, 0.29) is 18.6 Å². The summed E-state index contributed by atoms with van der Waals surface area (Å²) in [5.74, 6) is 0.664. The van der Waals surface area contributed by atoms with Gasteiger partial charge in [0.15, 0.2) is 0 Å². The molecule has 0 radical (unpaired) electrons. The summed E-state index contributed by atoms with van der Waals surface area (Å²) in [5, 5.41) is 3.04. The summed E-state index contributed by atoms with van der Waals surface area (Å²) in [6.45, 7) is 5.80. The number of benzene rings is 2. The molecule has 1 N–H and O–H groups in total. The maximum absolute atomic E-state index is 13.5. The first-order valence-corrected chi connectivity index (χ1v) is 10.8. The quantitative estimate of drug-likeness (QED) is 0.595. The van der Waals surface area contributed by atoms with Gasteiger partial charge in [-0.1, -0.05) is 25.0 Å². The van der Waals surface area contributed by atoms with Gasteiger partial charge >= 0.3 is 5.97 Å². The van der Waals surface area contributed by atoms with Crippen molar-refractivity contribution in [3.8, 4) is 11.5 Å². The number of methoxy groups -OCH3 is 1. The van der Waals surface area contributed by atoms with Crippen molar-refractivity contribution in [1.82, 2.24) is 0 Å². The fraction of sp³-hybridized carbons (Fsp3) is 0.440. The summed E-state index contributed by atoms with van der Waals surface area (Å²) < 4.78 is 16.2. The van der Waals surface area contributed by atoms with E-state index < -0.39 is 11.4 Å². The maximum atomic E-state index is 13.5. The number of amides is 1. The van der Waals surface area contributed by atoms with E-state index in [1.807, 2.05) is 38.1 Å². The smallest absolute Gasteiger partial charge is 0.341 e. The van der Waals surface area contributed by atoms with Gasteiger partial charge in [0.1, 0.15) is 17.1 Å². The Morgan fingerprint density at radius 1 is 1.06 bits per heavy atom. The monoisotopic (exact) mass is 425 g/mol. The number of anilines is 1. The zero-order chi connectivity index (χ0) is 22.4. The van der Waals surface area contributed by atoms with Crippen molar-refractivity contribution in [3.05, 3.63) is 53.6 Å². The number of carbonyl (C=O) groups excluding carboxylic acids is 2. The van der Waals surface area contributed by atoms with E-state index in [4.69, 9.17) is 14.2 Å². The number of hydrogen-bond acceptors (Lipinski definition) is 5. The zero-order valence-corrected chi connectivity index (χ0v) is 18.7. The van der Waals surface area contributed by atoms with Gasteiger partial charge in [0.05, 0.1) is 25.2 Å². The third-order valence-electron chi connectivity index (χ3n) is 5.63. The molecule has 0 heterocycles. The Balaban J connectivity index is 1.89. The van der Waals surface area contributed by atoms with Crippen LogP contribution >= 0.6 is 0 Å². The van der Waals surface area contributed by atoms with Gasteiger partial charge in [-0.25, -0.2) is 4.79 Å². The third kappa shape index (κ3) is 5.01. The van der Waals surface area contributed by atoms with Crippen LogP contribution in [0.5, 0.6) is 11.5 Å². The highest BCUT2D eigenvalue weighted by molar-refractivity contribution is 6.01. The molecule has 0 saturated heterocycles. The summed E-state index contributed by atoms with van der Waals surface area (Å²) >= 11 is 0. The predicted molar refractivity (Wildman–Crippen MR) is 120 cm³/mol. The Bertz CT molecular complexity index is 914. The van der Waals surface area contributed by atoms with Gasteiger partial charge in [-0.2, -0.15) is 0 Å². The lowest BCUT2D eigenvalue weighted by Crippen LogP contribution is -2.38. The van der Waals surface area contributed by atoms with Crippen LogP contribution in [0.2, 0.25) is 0 Å². The number of esters is 1. The van der Waals surface area contributed by atoms with E-state index in [1.165, 1.54) is 0 Å². The second-order valence-electron chi connectivity index (χ2n) is 8.07. The van der Waals surface area contributed by atoms with Crippen LogP contribution in [-0.2, 0) is 14.9 Å². The minimum Gasteiger partial charge on any atom is -0.497 e. The average molecular weight is 426 g/mol. The molecular formula is C25H31NO5. The fourth-order valence-corrected chi connectivity index (χ4v) is 4.12. The van der Waals surface area contributed by atoms with Gasteiger partial charge in [0.2, 0.25) is 5.91 Å². The summed E-state index contributed by atoms with van der Waals surface area (Å²) in [6.07, 6.45) is 3.46. The SMILES string of the molecule is CCOC(=O)c1cc(NC(=O)C2(c3ccc(OC)cc3)CCCC2)ccc1OC(C)C. The normalized spacial score (nSPS) is 14.9. The predicted octanol–water partition coefficient (Wildman–Crippen LogP) is 5.11. The molecule has 1 amide bonds. The van der Waals surface area contributed by atoms with Crippen LogP contribution in [0.25, 0.3) is 0 Å². The van der Waals surface area contributed by atoms with Crippen LogP contribution in [0, 0.1) is 0 Å². The molecular weight excluding hydrogens is 394 g/mol. The molecule has 166 valence electrons. The zero-order valence-electron chi connectivity index (χ0n) is 18.7. The van der Waals surface area contributed by atoms with Gasteiger partial charge < -0.3 is 19.5 Å². The van der Waals surface area contributed by atoms with Crippen molar-refractivity contribution >= 4 is 17.6 Å². The first-order valence-electron chi connectivity index (χ1n) is 10.8. The maximum Gasteiger partial charge on any atom is 0.341 e. The van der Waals surface area contributed by atoms with Crippen LogP contribution in [0.1, 0.15) is 62.4 Å². The van der Waals surface area contributed by atoms with Gasteiger partial charge in [-0.3, -0.25) is 4.79 Å². The van der Waals surface area contributed by atoms with Crippen LogP contribution in [0.15, 0.2) is 42.5 Å². The standard InChI is InChI=1S/C25H31NO5/c1-5-30-23(27)21-16-19(10-13-22(21)31-17(2)3)26-24(28)25(14-6-7-15-25)18-8-11-20(29-4)12-9-18/h8-13,16-17H,5-7,14-15H2,1-4H3,(H,26,28). The van der Waals surface area contributed by atoms with Gasteiger partial charge in [-0.15, -0.1) is 0 Å². The molecule has 0 atom stereocenters. The second-order valence-corrected chi connectivity index (χ2v) is 8.07. The first-order chi connectivity index (χ1) is 14.9. The highest BCUT2D eigenvalue weighted by Gasteiger charge is 2.42. The number of nitrogens with one attached hydrogen (secondary N) is 1. The van der Waals surface area contributed by atoms with Crippen molar-refractivity contribution in [2.45, 2.75) is 58.0 Å². The van der Waals surface area contributed by atoms with Crippen molar-refractivity contribution in [2.24, 2.45) is 0 Å². The Morgan fingerprint density at radius 3 is 2.32 bits per heavy atom. The molecule has 1 aliphatic rings. The van der Waals surface area contributed by atoms with Gasteiger partial charge in [0.25, 0.3) is 0 Å². The molecule has 1 aliphatic carbocycles.